The third-order valence-corrected chi connectivity index (χ3v) is 8.13. The summed E-state index contributed by atoms with van der Waals surface area (Å²) in [6, 6.07) is 11.3. The van der Waals surface area contributed by atoms with Crippen molar-refractivity contribution in [2.75, 3.05) is 26.3 Å². The second-order valence-corrected chi connectivity index (χ2v) is 10.9. The standard InChI is InChI=1S/C26H34N2O5S/c1-19-9-10-21(17-20(19)2)23-7-6-14-28(23)26(29)8-4-3-5-13-27-34(30,31)22-11-12-24-25(18-22)33-16-15-32-24/h9-12,17-18,23,27H,3-8,13-16H2,1-2H3. The van der Waals surface area contributed by atoms with E-state index >= 15 is 0 Å². The van der Waals surface area contributed by atoms with Crippen LogP contribution in [0.1, 0.15) is 61.3 Å². The van der Waals surface area contributed by atoms with Gasteiger partial charge in [0.05, 0.1) is 10.9 Å². The lowest BCUT2D eigenvalue weighted by molar-refractivity contribution is -0.132. The number of carbonyl (C=O) groups excluding carboxylic acids is 1. The highest BCUT2D eigenvalue weighted by molar-refractivity contribution is 7.89. The van der Waals surface area contributed by atoms with Crippen molar-refractivity contribution in [3.8, 4) is 11.5 Å². The zero-order valence-corrected chi connectivity index (χ0v) is 20.8. The van der Waals surface area contributed by atoms with E-state index in [4.69, 9.17) is 9.47 Å². The molecule has 2 aliphatic rings. The molecule has 0 saturated carbocycles. The fourth-order valence-electron chi connectivity index (χ4n) is 4.59. The van der Waals surface area contributed by atoms with E-state index in [0.717, 1.165) is 32.2 Å². The van der Waals surface area contributed by atoms with Crippen LogP contribution in [0.5, 0.6) is 11.5 Å². The number of carbonyl (C=O) groups is 1. The van der Waals surface area contributed by atoms with Gasteiger partial charge in [0.1, 0.15) is 13.2 Å². The fourth-order valence-corrected chi connectivity index (χ4v) is 5.68. The van der Waals surface area contributed by atoms with Gasteiger partial charge >= 0.3 is 0 Å². The van der Waals surface area contributed by atoms with Crippen LogP contribution in [0.25, 0.3) is 0 Å². The van der Waals surface area contributed by atoms with Crippen LogP contribution in [0.15, 0.2) is 41.3 Å². The summed E-state index contributed by atoms with van der Waals surface area (Å²) in [5.41, 5.74) is 3.75. The normalized spacial score (nSPS) is 17.7. The highest BCUT2D eigenvalue weighted by Gasteiger charge is 2.29. The number of hydrogen-bond acceptors (Lipinski definition) is 5. The van der Waals surface area contributed by atoms with Gasteiger partial charge in [0.15, 0.2) is 11.5 Å². The molecule has 1 amide bonds. The molecule has 1 unspecified atom stereocenters. The molecule has 1 saturated heterocycles. The Balaban J connectivity index is 1.21. The van der Waals surface area contributed by atoms with Crippen LogP contribution in [0, 0.1) is 13.8 Å². The minimum atomic E-state index is -3.62. The van der Waals surface area contributed by atoms with Gasteiger partial charge in [-0.1, -0.05) is 24.6 Å². The van der Waals surface area contributed by atoms with Gasteiger partial charge in [-0.05, 0) is 68.4 Å². The Morgan fingerprint density at radius 2 is 1.79 bits per heavy atom. The van der Waals surface area contributed by atoms with Crippen molar-refractivity contribution in [3.05, 3.63) is 53.1 Å². The fraction of sp³-hybridized carbons (Fsp3) is 0.500. The molecular weight excluding hydrogens is 452 g/mol. The van der Waals surface area contributed by atoms with E-state index in [1.54, 1.807) is 6.07 Å². The van der Waals surface area contributed by atoms with Crippen molar-refractivity contribution in [3.63, 3.8) is 0 Å². The number of fused-ring (bicyclic) bond motifs is 1. The number of unbranched alkanes of at least 4 members (excludes halogenated alkanes) is 2. The monoisotopic (exact) mass is 486 g/mol. The van der Waals surface area contributed by atoms with E-state index in [-0.39, 0.29) is 16.8 Å². The molecule has 184 valence electrons. The summed E-state index contributed by atoms with van der Waals surface area (Å²) < 4.78 is 38.7. The summed E-state index contributed by atoms with van der Waals surface area (Å²) in [4.78, 5) is 15.1. The molecule has 0 aromatic heterocycles. The summed E-state index contributed by atoms with van der Waals surface area (Å²) in [7, 11) is -3.62. The third kappa shape index (κ3) is 5.73. The van der Waals surface area contributed by atoms with Gasteiger partial charge in [0, 0.05) is 25.6 Å². The molecule has 2 heterocycles. The van der Waals surface area contributed by atoms with E-state index in [1.165, 1.54) is 28.8 Å². The molecule has 0 bridgehead atoms. The van der Waals surface area contributed by atoms with Crippen LogP contribution < -0.4 is 14.2 Å². The van der Waals surface area contributed by atoms with Crippen LogP contribution in [0.4, 0.5) is 0 Å². The number of aryl methyl sites for hydroxylation is 2. The molecule has 0 spiro atoms. The first-order chi connectivity index (χ1) is 16.3. The molecule has 7 nitrogen and oxygen atoms in total. The highest BCUT2D eigenvalue weighted by atomic mass is 32.2. The van der Waals surface area contributed by atoms with Crippen molar-refractivity contribution >= 4 is 15.9 Å². The number of hydrogen-bond donors (Lipinski definition) is 1. The number of likely N-dealkylation sites (tertiary alicyclic amines) is 1. The maximum atomic E-state index is 12.9. The molecule has 2 aromatic carbocycles. The van der Waals surface area contributed by atoms with E-state index in [1.807, 2.05) is 4.90 Å². The summed E-state index contributed by atoms with van der Waals surface area (Å²) in [6.45, 7) is 6.23. The maximum absolute atomic E-state index is 12.9. The predicted molar refractivity (Wildman–Crippen MR) is 131 cm³/mol. The van der Waals surface area contributed by atoms with Crippen molar-refractivity contribution in [1.29, 1.82) is 0 Å². The summed E-state index contributed by atoms with van der Waals surface area (Å²) in [5, 5.41) is 0. The summed E-state index contributed by atoms with van der Waals surface area (Å²) in [6.07, 6.45) is 4.76. The minimum absolute atomic E-state index is 0.165. The second-order valence-electron chi connectivity index (χ2n) is 9.10. The largest absolute Gasteiger partial charge is 0.486 e. The van der Waals surface area contributed by atoms with Gasteiger partial charge in [-0.2, -0.15) is 0 Å². The van der Waals surface area contributed by atoms with Gasteiger partial charge < -0.3 is 14.4 Å². The molecule has 8 heteroatoms. The molecule has 2 aliphatic heterocycles. The lowest BCUT2D eigenvalue weighted by atomic mass is 9.99. The van der Waals surface area contributed by atoms with Crippen LogP contribution in [-0.4, -0.2) is 45.5 Å². The predicted octanol–water partition coefficient (Wildman–Crippen LogP) is 4.28. The lowest BCUT2D eigenvalue weighted by Gasteiger charge is -2.26. The number of nitrogens with one attached hydrogen (secondary N) is 1. The van der Waals surface area contributed by atoms with Crippen LogP contribution in [0.2, 0.25) is 0 Å². The smallest absolute Gasteiger partial charge is 0.240 e. The topological polar surface area (TPSA) is 84.9 Å². The first-order valence-corrected chi connectivity index (χ1v) is 13.6. The second kappa shape index (κ2) is 10.8. The van der Waals surface area contributed by atoms with E-state index < -0.39 is 10.0 Å². The van der Waals surface area contributed by atoms with Gasteiger partial charge in [0.25, 0.3) is 0 Å². The van der Waals surface area contributed by atoms with Crippen molar-refractivity contribution in [2.45, 2.75) is 63.3 Å². The Kier molecular flexibility index (Phi) is 7.78. The van der Waals surface area contributed by atoms with Gasteiger partial charge in [0.2, 0.25) is 15.9 Å². The number of sulfonamides is 1. The summed E-state index contributed by atoms with van der Waals surface area (Å²) in [5.74, 6) is 1.21. The average Bonchev–Trinajstić information content (AvgIpc) is 3.32. The Hall–Kier alpha value is -2.58. The van der Waals surface area contributed by atoms with Gasteiger partial charge in [-0.3, -0.25) is 4.79 Å². The minimum Gasteiger partial charge on any atom is -0.486 e. The first kappa shape index (κ1) is 24.5. The quantitative estimate of drug-likeness (QED) is 0.535. The van der Waals surface area contributed by atoms with Gasteiger partial charge in [-0.25, -0.2) is 13.1 Å². The molecule has 2 aromatic rings. The zero-order valence-electron chi connectivity index (χ0n) is 20.0. The first-order valence-electron chi connectivity index (χ1n) is 12.1. The number of rotatable bonds is 9. The van der Waals surface area contributed by atoms with Crippen molar-refractivity contribution in [2.24, 2.45) is 0 Å². The van der Waals surface area contributed by atoms with E-state index in [2.05, 4.69) is 36.8 Å². The van der Waals surface area contributed by atoms with Gasteiger partial charge in [-0.15, -0.1) is 0 Å². The lowest BCUT2D eigenvalue weighted by Crippen LogP contribution is -2.30. The zero-order chi connectivity index (χ0) is 24.1. The number of amides is 1. The molecule has 0 aliphatic carbocycles. The number of nitrogens with zero attached hydrogens (tertiary/aromatic N) is 1. The van der Waals surface area contributed by atoms with E-state index in [9.17, 15) is 13.2 Å². The van der Waals surface area contributed by atoms with E-state index in [0.29, 0.717) is 44.1 Å². The number of ether oxygens (including phenoxy) is 2. The van der Waals surface area contributed by atoms with Crippen LogP contribution in [-0.2, 0) is 14.8 Å². The molecule has 1 atom stereocenters. The van der Waals surface area contributed by atoms with Crippen LogP contribution >= 0.6 is 0 Å². The summed E-state index contributed by atoms with van der Waals surface area (Å²) >= 11 is 0. The molecule has 0 radical (unpaired) electrons. The van der Waals surface area contributed by atoms with Crippen LogP contribution in [0.3, 0.4) is 0 Å². The Bertz CT molecular complexity index is 1130. The maximum Gasteiger partial charge on any atom is 0.240 e. The molecule has 1 fully saturated rings. The van der Waals surface area contributed by atoms with Crippen molar-refractivity contribution in [1.82, 2.24) is 9.62 Å². The third-order valence-electron chi connectivity index (χ3n) is 6.67. The molecule has 1 N–H and O–H groups in total. The Morgan fingerprint density at radius 1 is 1.00 bits per heavy atom. The average molecular weight is 487 g/mol. The molecule has 4 rings (SSSR count). The Morgan fingerprint density at radius 3 is 2.59 bits per heavy atom. The molecule has 34 heavy (non-hydrogen) atoms. The number of benzene rings is 2. The SMILES string of the molecule is Cc1ccc(C2CCCN2C(=O)CCCCCNS(=O)(=O)c2ccc3c(c2)OCCO3)cc1C. The highest BCUT2D eigenvalue weighted by Crippen LogP contribution is 2.34. The molecular formula is C26H34N2O5S. The van der Waals surface area contributed by atoms with Crippen molar-refractivity contribution < 1.29 is 22.7 Å². The Labute approximate surface area is 202 Å².